The summed E-state index contributed by atoms with van der Waals surface area (Å²) in [5.41, 5.74) is 1.07. The van der Waals surface area contributed by atoms with E-state index in [4.69, 9.17) is 0 Å². The predicted molar refractivity (Wildman–Crippen MR) is 82.9 cm³/mol. The third-order valence-electron chi connectivity index (χ3n) is 4.82. The van der Waals surface area contributed by atoms with Gasteiger partial charge >= 0.3 is 0 Å². The van der Waals surface area contributed by atoms with Crippen molar-refractivity contribution in [3.05, 3.63) is 30.1 Å². The molecule has 3 heterocycles. The van der Waals surface area contributed by atoms with Gasteiger partial charge in [0.05, 0.1) is 11.0 Å². The van der Waals surface area contributed by atoms with E-state index in [1.807, 2.05) is 32.3 Å². The average molecular weight is 309 g/mol. The molecule has 0 aliphatic carbocycles. The number of rotatable bonds is 4. The number of fused-ring (bicyclic) bond motifs is 1. The summed E-state index contributed by atoms with van der Waals surface area (Å²) in [6.07, 6.45) is 2.69. The molecular weight excluding hydrogens is 286 g/mol. The van der Waals surface area contributed by atoms with Gasteiger partial charge in [-0.05, 0) is 26.2 Å². The highest BCUT2D eigenvalue weighted by molar-refractivity contribution is 7.92. The van der Waals surface area contributed by atoms with Crippen molar-refractivity contribution in [3.63, 3.8) is 0 Å². The van der Waals surface area contributed by atoms with E-state index in [1.54, 1.807) is 6.20 Å². The van der Waals surface area contributed by atoms with Crippen molar-refractivity contribution in [1.29, 1.82) is 0 Å². The molecule has 3 atom stereocenters. The van der Waals surface area contributed by atoms with Gasteiger partial charge < -0.3 is 9.80 Å². The second-order valence-electron chi connectivity index (χ2n) is 6.39. The Morgan fingerprint density at radius 3 is 2.81 bits per heavy atom. The minimum Gasteiger partial charge on any atom is -0.305 e. The molecule has 0 saturated carbocycles. The first-order valence-electron chi connectivity index (χ1n) is 7.47. The Kier molecular flexibility index (Phi) is 4.03. The van der Waals surface area contributed by atoms with E-state index < -0.39 is 9.84 Å². The SMILES string of the molecule is CN(C)[C@@H]1CS(=O)(=O)[C@H]2CN(CCc3ccccn3)C[C@@H]12. The third kappa shape index (κ3) is 2.98. The summed E-state index contributed by atoms with van der Waals surface area (Å²) >= 11 is 0. The van der Waals surface area contributed by atoms with E-state index in [1.165, 1.54) is 0 Å². The first kappa shape index (κ1) is 14.9. The molecule has 3 rings (SSSR count). The maximum atomic E-state index is 12.3. The molecule has 1 aromatic heterocycles. The Hall–Kier alpha value is -0.980. The highest BCUT2D eigenvalue weighted by Gasteiger charge is 2.52. The number of likely N-dealkylation sites (tertiary alicyclic amines) is 1. The Morgan fingerprint density at radius 1 is 1.33 bits per heavy atom. The molecule has 0 aromatic carbocycles. The maximum absolute atomic E-state index is 12.3. The van der Waals surface area contributed by atoms with Crippen molar-refractivity contribution in [2.75, 3.05) is 39.5 Å². The average Bonchev–Trinajstić information content (AvgIpc) is 2.97. The van der Waals surface area contributed by atoms with Crippen LogP contribution in [0.5, 0.6) is 0 Å². The second-order valence-corrected chi connectivity index (χ2v) is 8.66. The molecule has 0 amide bonds. The summed E-state index contributed by atoms with van der Waals surface area (Å²) in [6, 6.07) is 6.10. The molecule has 116 valence electrons. The van der Waals surface area contributed by atoms with Crippen LogP contribution >= 0.6 is 0 Å². The number of nitrogens with zero attached hydrogens (tertiary/aromatic N) is 3. The van der Waals surface area contributed by atoms with Crippen LogP contribution in [0.15, 0.2) is 24.4 Å². The second kappa shape index (κ2) is 5.66. The molecule has 6 heteroatoms. The summed E-state index contributed by atoms with van der Waals surface area (Å²) in [6.45, 7) is 2.46. The lowest BCUT2D eigenvalue weighted by molar-refractivity contribution is 0.232. The molecule has 0 radical (unpaired) electrons. The van der Waals surface area contributed by atoms with Gasteiger partial charge in [-0.25, -0.2) is 8.42 Å². The van der Waals surface area contributed by atoms with Crippen LogP contribution in [0.1, 0.15) is 5.69 Å². The van der Waals surface area contributed by atoms with Gasteiger partial charge in [-0.2, -0.15) is 0 Å². The van der Waals surface area contributed by atoms with E-state index in [0.717, 1.165) is 25.2 Å². The Labute approximate surface area is 126 Å². The molecule has 2 fully saturated rings. The van der Waals surface area contributed by atoms with E-state index in [9.17, 15) is 8.42 Å². The van der Waals surface area contributed by atoms with Crippen LogP contribution in [0.25, 0.3) is 0 Å². The van der Waals surface area contributed by atoms with Crippen molar-refractivity contribution in [1.82, 2.24) is 14.8 Å². The number of aromatic nitrogens is 1. The molecule has 1 aromatic rings. The Morgan fingerprint density at radius 2 is 2.14 bits per heavy atom. The lowest BCUT2D eigenvalue weighted by Crippen LogP contribution is -2.37. The van der Waals surface area contributed by atoms with Gasteiger partial charge in [0, 0.05) is 49.9 Å². The van der Waals surface area contributed by atoms with Gasteiger partial charge in [0.15, 0.2) is 9.84 Å². The van der Waals surface area contributed by atoms with E-state index in [2.05, 4.69) is 14.8 Å². The van der Waals surface area contributed by atoms with Crippen molar-refractivity contribution in [2.45, 2.75) is 17.7 Å². The van der Waals surface area contributed by atoms with Gasteiger partial charge in [-0.3, -0.25) is 4.98 Å². The smallest absolute Gasteiger partial charge is 0.156 e. The van der Waals surface area contributed by atoms with Crippen LogP contribution in [0.3, 0.4) is 0 Å². The molecule has 2 aliphatic rings. The molecule has 0 unspecified atom stereocenters. The van der Waals surface area contributed by atoms with Crippen LogP contribution in [-0.4, -0.2) is 74.0 Å². The number of sulfone groups is 1. The molecule has 0 bridgehead atoms. The third-order valence-corrected chi connectivity index (χ3v) is 7.04. The highest BCUT2D eigenvalue weighted by Crippen LogP contribution is 2.35. The fraction of sp³-hybridized carbons (Fsp3) is 0.667. The van der Waals surface area contributed by atoms with Crippen molar-refractivity contribution < 1.29 is 8.42 Å². The summed E-state index contributed by atoms with van der Waals surface area (Å²) < 4.78 is 24.6. The highest BCUT2D eigenvalue weighted by atomic mass is 32.2. The molecule has 2 saturated heterocycles. The maximum Gasteiger partial charge on any atom is 0.156 e. The standard InChI is InChI=1S/C15H23N3O2S/c1-17(2)14-11-21(19,20)15-10-18(9-13(14)15)8-6-12-5-3-4-7-16-12/h3-5,7,13-15H,6,8-11H2,1-2H3/t13-,14+,15-/m0/s1. The normalized spacial score (nSPS) is 31.7. The molecule has 5 nitrogen and oxygen atoms in total. The van der Waals surface area contributed by atoms with Crippen LogP contribution in [-0.2, 0) is 16.3 Å². The van der Waals surface area contributed by atoms with Crippen molar-refractivity contribution >= 4 is 9.84 Å². The number of pyridine rings is 1. The zero-order valence-electron chi connectivity index (χ0n) is 12.6. The van der Waals surface area contributed by atoms with E-state index in [0.29, 0.717) is 12.3 Å². The van der Waals surface area contributed by atoms with Gasteiger partial charge in [-0.15, -0.1) is 0 Å². The van der Waals surface area contributed by atoms with Crippen molar-refractivity contribution in [2.24, 2.45) is 5.92 Å². The monoisotopic (exact) mass is 309 g/mol. The predicted octanol–water partition coefficient (Wildman–Crippen LogP) is 0.283. The van der Waals surface area contributed by atoms with Crippen LogP contribution in [0.4, 0.5) is 0 Å². The number of hydrogen-bond acceptors (Lipinski definition) is 5. The zero-order chi connectivity index (χ0) is 15.0. The molecule has 21 heavy (non-hydrogen) atoms. The molecular formula is C15H23N3O2S. The molecule has 0 spiro atoms. The zero-order valence-corrected chi connectivity index (χ0v) is 13.5. The summed E-state index contributed by atoms with van der Waals surface area (Å²) in [7, 11) is 1.04. The van der Waals surface area contributed by atoms with Gasteiger partial charge in [-0.1, -0.05) is 6.07 Å². The first-order chi connectivity index (χ1) is 9.97. The minimum atomic E-state index is -2.93. The quantitative estimate of drug-likeness (QED) is 0.800. The first-order valence-corrected chi connectivity index (χ1v) is 9.19. The Bertz CT molecular complexity index is 588. The van der Waals surface area contributed by atoms with Gasteiger partial charge in [0.1, 0.15) is 0 Å². The lowest BCUT2D eigenvalue weighted by atomic mass is 10.00. The molecule has 2 aliphatic heterocycles. The van der Waals surface area contributed by atoms with Crippen LogP contribution < -0.4 is 0 Å². The van der Waals surface area contributed by atoms with E-state index in [-0.39, 0.29) is 17.2 Å². The number of hydrogen-bond donors (Lipinski definition) is 0. The van der Waals surface area contributed by atoms with Gasteiger partial charge in [0.25, 0.3) is 0 Å². The van der Waals surface area contributed by atoms with Gasteiger partial charge in [0.2, 0.25) is 0 Å². The Balaban J connectivity index is 1.65. The van der Waals surface area contributed by atoms with E-state index >= 15 is 0 Å². The van der Waals surface area contributed by atoms with Crippen LogP contribution in [0, 0.1) is 5.92 Å². The summed E-state index contributed by atoms with van der Waals surface area (Å²) in [5, 5.41) is -0.173. The topological polar surface area (TPSA) is 53.5 Å². The summed E-state index contributed by atoms with van der Waals surface area (Å²) in [4.78, 5) is 8.69. The fourth-order valence-electron chi connectivity index (χ4n) is 3.65. The van der Waals surface area contributed by atoms with Crippen LogP contribution in [0.2, 0.25) is 0 Å². The molecule has 0 N–H and O–H groups in total. The lowest BCUT2D eigenvalue weighted by Gasteiger charge is -2.25. The van der Waals surface area contributed by atoms with Crippen molar-refractivity contribution in [3.8, 4) is 0 Å². The minimum absolute atomic E-state index is 0.167. The fourth-order valence-corrected chi connectivity index (χ4v) is 6.15. The largest absolute Gasteiger partial charge is 0.305 e. The summed E-state index contributed by atoms with van der Waals surface area (Å²) in [5.74, 6) is 0.581.